The minimum absolute atomic E-state index is 0.769. The molecule has 22 heavy (non-hydrogen) atoms. The molecule has 0 heterocycles. The van der Waals surface area contributed by atoms with Crippen LogP contribution in [-0.4, -0.2) is 46.4 Å². The van der Waals surface area contributed by atoms with Crippen molar-refractivity contribution < 1.29 is 9.47 Å². The van der Waals surface area contributed by atoms with Gasteiger partial charge in [0, 0.05) is 33.4 Å². The first-order chi connectivity index (χ1) is 10.7. The Morgan fingerprint density at radius 2 is 2.00 bits per heavy atom. The van der Waals surface area contributed by atoms with Crippen molar-refractivity contribution in [1.82, 2.24) is 10.6 Å². The number of guanidine groups is 1. The predicted octanol–water partition coefficient (Wildman–Crippen LogP) is 2.14. The minimum atomic E-state index is 0.769. The third-order valence-electron chi connectivity index (χ3n) is 3.31. The van der Waals surface area contributed by atoms with E-state index in [0.717, 1.165) is 50.9 Å². The van der Waals surface area contributed by atoms with E-state index in [2.05, 4.69) is 34.7 Å². The fourth-order valence-electron chi connectivity index (χ4n) is 2.16. The Morgan fingerprint density at radius 1 is 1.23 bits per heavy atom. The van der Waals surface area contributed by atoms with E-state index in [0.29, 0.717) is 0 Å². The van der Waals surface area contributed by atoms with Crippen LogP contribution in [0.4, 0.5) is 0 Å². The zero-order chi connectivity index (χ0) is 16.2. The normalized spacial score (nSPS) is 11.4. The first kappa shape index (κ1) is 18.3. The zero-order valence-electron chi connectivity index (χ0n) is 14.2. The molecule has 0 aliphatic heterocycles. The lowest BCUT2D eigenvalue weighted by Crippen LogP contribution is -2.39. The molecule has 0 saturated heterocycles. The number of hydrogen-bond donors (Lipinski definition) is 2. The standard InChI is InChI=1S/C17H29N3O2/c1-5-22-12-6-10-19-17(18-3)20-11-9-15-13-14(2)7-8-16(15)21-4/h7-8,13H,5-6,9-12H2,1-4H3,(H2,18,19,20). The molecule has 0 radical (unpaired) electrons. The van der Waals surface area contributed by atoms with Crippen LogP contribution >= 0.6 is 0 Å². The van der Waals surface area contributed by atoms with Crippen LogP contribution in [0.25, 0.3) is 0 Å². The number of rotatable bonds is 9. The molecule has 1 rings (SSSR count). The summed E-state index contributed by atoms with van der Waals surface area (Å²) in [5.74, 6) is 1.76. The van der Waals surface area contributed by atoms with Gasteiger partial charge in [0.25, 0.3) is 0 Å². The third kappa shape index (κ3) is 6.80. The Balaban J connectivity index is 2.34. The van der Waals surface area contributed by atoms with Crippen LogP contribution in [0.5, 0.6) is 5.75 Å². The largest absolute Gasteiger partial charge is 0.496 e. The lowest BCUT2D eigenvalue weighted by Gasteiger charge is -2.13. The first-order valence-corrected chi connectivity index (χ1v) is 7.87. The van der Waals surface area contributed by atoms with E-state index in [4.69, 9.17) is 9.47 Å². The van der Waals surface area contributed by atoms with E-state index in [-0.39, 0.29) is 0 Å². The van der Waals surface area contributed by atoms with Gasteiger partial charge in [-0.3, -0.25) is 4.99 Å². The monoisotopic (exact) mass is 307 g/mol. The van der Waals surface area contributed by atoms with Crippen LogP contribution in [0.3, 0.4) is 0 Å². The van der Waals surface area contributed by atoms with E-state index < -0.39 is 0 Å². The molecule has 0 saturated carbocycles. The summed E-state index contributed by atoms with van der Waals surface area (Å²) >= 11 is 0. The van der Waals surface area contributed by atoms with Crippen molar-refractivity contribution >= 4 is 5.96 Å². The van der Waals surface area contributed by atoms with Crippen molar-refractivity contribution in [3.63, 3.8) is 0 Å². The van der Waals surface area contributed by atoms with Crippen LogP contribution in [0.2, 0.25) is 0 Å². The van der Waals surface area contributed by atoms with Crippen molar-refractivity contribution in [3.05, 3.63) is 29.3 Å². The summed E-state index contributed by atoms with van der Waals surface area (Å²) in [5, 5.41) is 6.60. The van der Waals surface area contributed by atoms with Crippen LogP contribution < -0.4 is 15.4 Å². The van der Waals surface area contributed by atoms with Gasteiger partial charge < -0.3 is 20.1 Å². The maximum atomic E-state index is 5.40. The van der Waals surface area contributed by atoms with Gasteiger partial charge in [-0.1, -0.05) is 17.7 Å². The Bertz CT molecular complexity index is 461. The minimum Gasteiger partial charge on any atom is -0.496 e. The average Bonchev–Trinajstić information content (AvgIpc) is 2.53. The zero-order valence-corrected chi connectivity index (χ0v) is 14.2. The number of methoxy groups -OCH3 is 1. The highest BCUT2D eigenvalue weighted by atomic mass is 16.5. The SMILES string of the molecule is CCOCCCNC(=NC)NCCc1cc(C)ccc1OC. The molecule has 1 aromatic carbocycles. The van der Waals surface area contributed by atoms with Gasteiger partial charge >= 0.3 is 0 Å². The highest BCUT2D eigenvalue weighted by Crippen LogP contribution is 2.19. The molecule has 0 unspecified atom stereocenters. The van der Waals surface area contributed by atoms with Crippen molar-refractivity contribution in [1.29, 1.82) is 0 Å². The predicted molar refractivity (Wildman–Crippen MR) is 91.9 cm³/mol. The number of ether oxygens (including phenoxy) is 2. The molecule has 0 aliphatic carbocycles. The molecule has 0 fully saturated rings. The number of nitrogens with zero attached hydrogens (tertiary/aromatic N) is 1. The fourth-order valence-corrected chi connectivity index (χ4v) is 2.16. The van der Waals surface area contributed by atoms with Gasteiger partial charge in [0.15, 0.2) is 5.96 Å². The molecule has 2 N–H and O–H groups in total. The molecule has 0 aromatic heterocycles. The van der Waals surface area contributed by atoms with E-state index in [1.54, 1.807) is 14.2 Å². The summed E-state index contributed by atoms with van der Waals surface area (Å²) in [6.45, 7) is 7.31. The van der Waals surface area contributed by atoms with E-state index >= 15 is 0 Å². The summed E-state index contributed by atoms with van der Waals surface area (Å²) in [5.41, 5.74) is 2.45. The second-order valence-electron chi connectivity index (χ2n) is 5.04. The highest BCUT2D eigenvalue weighted by molar-refractivity contribution is 5.79. The molecule has 0 spiro atoms. The first-order valence-electron chi connectivity index (χ1n) is 7.87. The van der Waals surface area contributed by atoms with E-state index in [9.17, 15) is 0 Å². The van der Waals surface area contributed by atoms with Gasteiger partial charge in [0.2, 0.25) is 0 Å². The fraction of sp³-hybridized carbons (Fsp3) is 0.588. The molecule has 0 aliphatic rings. The number of aliphatic imine (C=N–C) groups is 1. The molecule has 0 bridgehead atoms. The molecule has 1 aromatic rings. The summed E-state index contributed by atoms with van der Waals surface area (Å²) < 4.78 is 10.7. The Morgan fingerprint density at radius 3 is 2.68 bits per heavy atom. The van der Waals surface area contributed by atoms with Gasteiger partial charge in [0.05, 0.1) is 7.11 Å². The summed E-state index contributed by atoms with van der Waals surface area (Å²) in [4.78, 5) is 4.22. The summed E-state index contributed by atoms with van der Waals surface area (Å²) in [7, 11) is 3.49. The lowest BCUT2D eigenvalue weighted by atomic mass is 10.1. The lowest BCUT2D eigenvalue weighted by molar-refractivity contribution is 0.145. The number of hydrogen-bond acceptors (Lipinski definition) is 3. The van der Waals surface area contributed by atoms with Gasteiger partial charge in [0.1, 0.15) is 5.75 Å². The number of aryl methyl sites for hydroxylation is 1. The highest BCUT2D eigenvalue weighted by Gasteiger charge is 2.04. The van der Waals surface area contributed by atoms with Crippen LogP contribution in [0, 0.1) is 6.92 Å². The van der Waals surface area contributed by atoms with Gasteiger partial charge in [-0.25, -0.2) is 0 Å². The Labute approximate surface area is 134 Å². The molecular weight excluding hydrogens is 278 g/mol. The van der Waals surface area contributed by atoms with E-state index in [1.165, 1.54) is 11.1 Å². The van der Waals surface area contributed by atoms with Crippen LogP contribution in [0.15, 0.2) is 23.2 Å². The van der Waals surface area contributed by atoms with Crippen LogP contribution in [-0.2, 0) is 11.2 Å². The molecule has 124 valence electrons. The summed E-state index contributed by atoms with van der Waals surface area (Å²) in [6, 6.07) is 6.25. The van der Waals surface area contributed by atoms with E-state index in [1.807, 2.05) is 13.0 Å². The van der Waals surface area contributed by atoms with Crippen molar-refractivity contribution in [2.24, 2.45) is 4.99 Å². The number of nitrogens with one attached hydrogen (secondary N) is 2. The quantitative estimate of drug-likeness (QED) is 0.417. The average molecular weight is 307 g/mol. The molecule has 5 heteroatoms. The van der Waals surface area contributed by atoms with Gasteiger partial charge in [-0.15, -0.1) is 0 Å². The maximum Gasteiger partial charge on any atom is 0.190 e. The second-order valence-corrected chi connectivity index (χ2v) is 5.04. The number of benzene rings is 1. The molecule has 0 atom stereocenters. The summed E-state index contributed by atoms with van der Waals surface area (Å²) in [6.07, 6.45) is 1.87. The second kappa shape index (κ2) is 10.9. The smallest absolute Gasteiger partial charge is 0.190 e. The Kier molecular flexibility index (Phi) is 9.07. The van der Waals surface area contributed by atoms with Crippen molar-refractivity contribution in [2.75, 3.05) is 40.5 Å². The van der Waals surface area contributed by atoms with Crippen LogP contribution in [0.1, 0.15) is 24.5 Å². The van der Waals surface area contributed by atoms with Crippen molar-refractivity contribution in [2.45, 2.75) is 26.7 Å². The Hall–Kier alpha value is -1.75. The molecular formula is C17H29N3O2. The molecule has 5 nitrogen and oxygen atoms in total. The topological polar surface area (TPSA) is 54.9 Å². The van der Waals surface area contributed by atoms with Crippen molar-refractivity contribution in [3.8, 4) is 5.75 Å². The van der Waals surface area contributed by atoms with Gasteiger partial charge in [-0.2, -0.15) is 0 Å². The third-order valence-corrected chi connectivity index (χ3v) is 3.31. The van der Waals surface area contributed by atoms with Gasteiger partial charge in [-0.05, 0) is 38.3 Å². The molecule has 0 amide bonds. The maximum absolute atomic E-state index is 5.40.